The monoisotopic (exact) mass is 287 g/mol. The summed E-state index contributed by atoms with van der Waals surface area (Å²) in [6.45, 7) is 6.40. The molecule has 2 heteroatoms. The lowest BCUT2D eigenvalue weighted by molar-refractivity contribution is 0.0674. The molecule has 0 atom stereocenters. The van der Waals surface area contributed by atoms with Gasteiger partial charge in [-0.1, -0.05) is 42.1 Å². The largest absolute Gasteiger partial charge is 0.303 e. The highest BCUT2D eigenvalue weighted by molar-refractivity contribution is 9.09. The number of hydrogen-bond acceptors (Lipinski definition) is 1. The van der Waals surface area contributed by atoms with Gasteiger partial charge in [0.25, 0.3) is 0 Å². The molecule has 0 aromatic carbocycles. The van der Waals surface area contributed by atoms with E-state index in [1.165, 1.54) is 69.9 Å². The van der Waals surface area contributed by atoms with Crippen LogP contribution >= 0.6 is 15.9 Å². The number of hydrogen-bond donors (Lipinski definition) is 0. The van der Waals surface area contributed by atoms with Crippen molar-refractivity contribution in [3.05, 3.63) is 0 Å². The highest BCUT2D eigenvalue weighted by atomic mass is 79.9. The van der Waals surface area contributed by atoms with Crippen LogP contribution in [-0.2, 0) is 0 Å². The van der Waals surface area contributed by atoms with Gasteiger partial charge in [-0.15, -0.1) is 0 Å². The zero-order valence-corrected chi connectivity index (χ0v) is 12.3. The first kappa shape index (κ1) is 12.9. The molecule has 1 aliphatic carbocycles. The fourth-order valence-corrected chi connectivity index (χ4v) is 4.06. The van der Waals surface area contributed by atoms with Gasteiger partial charge in [0, 0.05) is 11.9 Å². The predicted octanol–water partition coefficient (Wildman–Crippen LogP) is 4.06. The summed E-state index contributed by atoms with van der Waals surface area (Å²) in [6, 6.07) is 0. The first-order valence-corrected chi connectivity index (χ1v) is 8.18. The second-order valence-corrected chi connectivity index (χ2v) is 6.56. The fourth-order valence-electron chi connectivity index (χ4n) is 3.33. The molecule has 1 heterocycles. The van der Waals surface area contributed by atoms with Crippen LogP contribution in [-0.4, -0.2) is 29.9 Å². The Morgan fingerprint density at radius 1 is 1.25 bits per heavy atom. The minimum Gasteiger partial charge on any atom is -0.303 e. The van der Waals surface area contributed by atoms with Gasteiger partial charge in [-0.3, -0.25) is 0 Å². The highest BCUT2D eigenvalue weighted by Crippen LogP contribution is 2.43. The zero-order chi connectivity index (χ0) is 11.4. The van der Waals surface area contributed by atoms with Crippen LogP contribution in [0, 0.1) is 11.3 Å². The van der Waals surface area contributed by atoms with E-state index in [4.69, 9.17) is 0 Å². The van der Waals surface area contributed by atoms with Crippen molar-refractivity contribution in [1.82, 2.24) is 4.90 Å². The summed E-state index contributed by atoms with van der Waals surface area (Å²) in [5, 5.41) is 1.22. The molecule has 2 aliphatic rings. The Bertz CT molecular complexity index is 199. The quantitative estimate of drug-likeness (QED) is 0.689. The Kier molecular flexibility index (Phi) is 4.72. The van der Waals surface area contributed by atoms with Crippen molar-refractivity contribution in [2.24, 2.45) is 11.3 Å². The number of alkyl halides is 1. The minimum absolute atomic E-state index is 0.650. The highest BCUT2D eigenvalue weighted by Gasteiger charge is 2.37. The van der Waals surface area contributed by atoms with Crippen molar-refractivity contribution >= 4 is 15.9 Å². The fraction of sp³-hybridized carbons (Fsp3) is 1.00. The van der Waals surface area contributed by atoms with Gasteiger partial charge in [0.15, 0.2) is 0 Å². The Morgan fingerprint density at radius 3 is 2.38 bits per heavy atom. The van der Waals surface area contributed by atoms with Crippen LogP contribution in [0.4, 0.5) is 0 Å². The van der Waals surface area contributed by atoms with E-state index in [1.807, 2.05) is 0 Å². The number of nitrogens with zero attached hydrogens (tertiary/aromatic N) is 1. The maximum Gasteiger partial charge on any atom is 0.0100 e. The lowest BCUT2D eigenvalue weighted by atomic mass is 9.70. The Balaban J connectivity index is 1.72. The molecule has 0 amide bonds. The summed E-state index contributed by atoms with van der Waals surface area (Å²) in [5.74, 6) is 1.03. The molecule has 0 aromatic rings. The van der Waals surface area contributed by atoms with Crippen LogP contribution < -0.4 is 0 Å². The van der Waals surface area contributed by atoms with E-state index in [9.17, 15) is 0 Å². The summed E-state index contributed by atoms with van der Waals surface area (Å²) in [6.07, 6.45) is 10.1. The number of rotatable bonds is 5. The number of likely N-dealkylation sites (tertiary alicyclic amines) is 1. The zero-order valence-electron chi connectivity index (χ0n) is 10.7. The molecule has 1 aliphatic heterocycles. The second kappa shape index (κ2) is 5.86. The predicted molar refractivity (Wildman–Crippen MR) is 74.2 cm³/mol. The normalized spacial score (nSPS) is 26.6. The van der Waals surface area contributed by atoms with Gasteiger partial charge in [-0.25, -0.2) is 0 Å². The summed E-state index contributed by atoms with van der Waals surface area (Å²) in [5.41, 5.74) is 0.650. The lowest BCUT2D eigenvalue weighted by Gasteiger charge is -2.45. The van der Waals surface area contributed by atoms with Crippen molar-refractivity contribution in [3.8, 4) is 0 Å². The maximum absolute atomic E-state index is 3.72. The number of halogens is 1. The molecule has 0 aromatic heterocycles. The molecule has 0 radical (unpaired) electrons. The van der Waals surface area contributed by atoms with Crippen LogP contribution in [0.2, 0.25) is 0 Å². The van der Waals surface area contributed by atoms with E-state index in [-0.39, 0.29) is 0 Å². The third-order valence-corrected chi connectivity index (χ3v) is 5.85. The van der Waals surface area contributed by atoms with Crippen LogP contribution in [0.15, 0.2) is 0 Å². The molecule has 94 valence electrons. The van der Waals surface area contributed by atoms with Crippen LogP contribution in [0.3, 0.4) is 0 Å². The smallest absolute Gasteiger partial charge is 0.0100 e. The first-order valence-electron chi connectivity index (χ1n) is 7.06. The molecule has 0 bridgehead atoms. The SMILES string of the molecule is CCCC1CCN(CC2(CBr)CCC2)CC1. The average molecular weight is 288 g/mol. The van der Waals surface area contributed by atoms with E-state index < -0.39 is 0 Å². The topological polar surface area (TPSA) is 3.24 Å². The van der Waals surface area contributed by atoms with Crippen LogP contribution in [0.5, 0.6) is 0 Å². The van der Waals surface area contributed by atoms with Gasteiger partial charge in [-0.2, -0.15) is 0 Å². The van der Waals surface area contributed by atoms with Crippen molar-refractivity contribution in [1.29, 1.82) is 0 Å². The molecule has 0 unspecified atom stereocenters. The maximum atomic E-state index is 3.72. The van der Waals surface area contributed by atoms with E-state index >= 15 is 0 Å². The molecule has 16 heavy (non-hydrogen) atoms. The van der Waals surface area contributed by atoms with Crippen molar-refractivity contribution in [2.75, 3.05) is 25.0 Å². The molecule has 0 N–H and O–H groups in total. The van der Waals surface area contributed by atoms with Crippen LogP contribution in [0.1, 0.15) is 51.9 Å². The Morgan fingerprint density at radius 2 is 1.94 bits per heavy atom. The molecule has 1 saturated carbocycles. The number of piperidine rings is 1. The molecular weight excluding hydrogens is 262 g/mol. The standard InChI is InChI=1S/C14H26BrN/c1-2-4-13-5-9-16(10-6-13)12-14(11-15)7-3-8-14/h13H,2-12H2,1H3. The Hall–Kier alpha value is 0.440. The van der Waals surface area contributed by atoms with E-state index in [1.54, 1.807) is 0 Å². The molecule has 2 rings (SSSR count). The van der Waals surface area contributed by atoms with Gasteiger partial charge in [0.1, 0.15) is 0 Å². The van der Waals surface area contributed by atoms with E-state index in [0.717, 1.165) is 5.92 Å². The molecule has 2 fully saturated rings. The molecule has 1 nitrogen and oxygen atoms in total. The van der Waals surface area contributed by atoms with Crippen molar-refractivity contribution in [2.45, 2.75) is 51.9 Å². The van der Waals surface area contributed by atoms with Gasteiger partial charge in [0.05, 0.1) is 0 Å². The molecule has 1 saturated heterocycles. The lowest BCUT2D eigenvalue weighted by Crippen LogP contribution is -2.46. The van der Waals surface area contributed by atoms with Gasteiger partial charge in [-0.05, 0) is 50.1 Å². The van der Waals surface area contributed by atoms with Crippen molar-refractivity contribution in [3.63, 3.8) is 0 Å². The van der Waals surface area contributed by atoms with E-state index in [2.05, 4.69) is 27.8 Å². The molecule has 0 spiro atoms. The Labute approximate surface area is 109 Å². The molecular formula is C14H26BrN. The second-order valence-electron chi connectivity index (χ2n) is 6.00. The van der Waals surface area contributed by atoms with Gasteiger partial charge < -0.3 is 4.90 Å². The summed E-state index contributed by atoms with van der Waals surface area (Å²) in [4.78, 5) is 2.73. The van der Waals surface area contributed by atoms with E-state index in [0.29, 0.717) is 5.41 Å². The van der Waals surface area contributed by atoms with Gasteiger partial charge >= 0.3 is 0 Å². The third-order valence-electron chi connectivity index (χ3n) is 4.66. The first-order chi connectivity index (χ1) is 7.78. The van der Waals surface area contributed by atoms with Crippen LogP contribution in [0.25, 0.3) is 0 Å². The average Bonchev–Trinajstić information content (AvgIpc) is 2.26. The summed E-state index contributed by atoms with van der Waals surface area (Å²) < 4.78 is 0. The summed E-state index contributed by atoms with van der Waals surface area (Å²) in [7, 11) is 0. The van der Waals surface area contributed by atoms with Crippen molar-refractivity contribution < 1.29 is 0 Å². The third kappa shape index (κ3) is 3.01. The summed E-state index contributed by atoms with van der Waals surface area (Å²) >= 11 is 3.72. The van der Waals surface area contributed by atoms with Gasteiger partial charge in [0.2, 0.25) is 0 Å². The minimum atomic E-state index is 0.650.